The zero-order valence-electron chi connectivity index (χ0n) is 14.3. The third kappa shape index (κ3) is 4.14. The molecule has 0 saturated carbocycles. The highest BCUT2D eigenvalue weighted by atomic mass is 16.2. The molecule has 1 aliphatic heterocycles. The van der Waals surface area contributed by atoms with Gasteiger partial charge in [-0.15, -0.1) is 0 Å². The van der Waals surface area contributed by atoms with E-state index in [0.717, 1.165) is 24.2 Å². The van der Waals surface area contributed by atoms with E-state index in [2.05, 4.69) is 27.7 Å². The van der Waals surface area contributed by atoms with E-state index in [1.165, 1.54) is 12.8 Å². The number of likely N-dealkylation sites (tertiary alicyclic amines) is 1. The molecular weight excluding hydrogens is 302 g/mol. The summed E-state index contributed by atoms with van der Waals surface area (Å²) in [6, 6.07) is 9.76. The quantitative estimate of drug-likeness (QED) is 0.907. The average molecular weight is 327 g/mol. The predicted molar refractivity (Wildman–Crippen MR) is 95.9 cm³/mol. The van der Waals surface area contributed by atoms with Crippen molar-refractivity contribution in [1.29, 1.82) is 0 Å². The molecule has 24 heavy (non-hydrogen) atoms. The van der Waals surface area contributed by atoms with Crippen molar-refractivity contribution in [1.82, 2.24) is 20.0 Å². The lowest BCUT2D eigenvalue weighted by atomic mass is 9.99. The number of piperidine rings is 1. The molecule has 0 bridgehead atoms. The molecular formula is C18H25N5O. The Bertz CT molecular complexity index is 682. The van der Waals surface area contributed by atoms with Crippen molar-refractivity contribution in [3.63, 3.8) is 0 Å². The number of nitrogens with one attached hydrogen (secondary N) is 2. The van der Waals surface area contributed by atoms with Gasteiger partial charge >= 0.3 is 6.03 Å². The van der Waals surface area contributed by atoms with E-state index >= 15 is 0 Å². The minimum Gasteiger partial charge on any atom is -0.338 e. The molecule has 0 radical (unpaired) electrons. The summed E-state index contributed by atoms with van der Waals surface area (Å²) in [4.78, 5) is 14.6. The van der Waals surface area contributed by atoms with Gasteiger partial charge in [-0.25, -0.2) is 4.79 Å². The topological polar surface area (TPSA) is 62.2 Å². The van der Waals surface area contributed by atoms with E-state index in [1.807, 2.05) is 43.6 Å². The molecule has 2 N–H and O–H groups in total. The lowest BCUT2D eigenvalue weighted by Gasteiger charge is -2.29. The molecule has 0 spiro atoms. The Morgan fingerprint density at radius 2 is 2.08 bits per heavy atom. The average Bonchev–Trinajstić information content (AvgIpc) is 2.94. The molecule has 2 aromatic rings. The van der Waals surface area contributed by atoms with Crippen LogP contribution in [0.5, 0.6) is 0 Å². The Morgan fingerprint density at radius 1 is 1.29 bits per heavy atom. The van der Waals surface area contributed by atoms with Crippen LogP contribution in [-0.2, 0) is 7.05 Å². The van der Waals surface area contributed by atoms with Crippen LogP contribution < -0.4 is 10.6 Å². The second-order valence-electron chi connectivity index (χ2n) is 6.54. The van der Waals surface area contributed by atoms with E-state index in [4.69, 9.17) is 0 Å². The molecule has 2 amide bonds. The number of carbonyl (C=O) groups is 1. The summed E-state index contributed by atoms with van der Waals surface area (Å²) in [7, 11) is 3.99. The third-order valence-corrected chi connectivity index (χ3v) is 4.42. The van der Waals surface area contributed by atoms with Crippen molar-refractivity contribution in [2.45, 2.75) is 12.8 Å². The maximum atomic E-state index is 12.2. The summed E-state index contributed by atoms with van der Waals surface area (Å²) in [5, 5.41) is 10.2. The lowest BCUT2D eigenvalue weighted by molar-refractivity contribution is 0.204. The van der Waals surface area contributed by atoms with Crippen molar-refractivity contribution in [3.8, 4) is 11.1 Å². The van der Waals surface area contributed by atoms with Gasteiger partial charge in [0.25, 0.3) is 0 Å². The largest absolute Gasteiger partial charge is 0.338 e. The van der Waals surface area contributed by atoms with Crippen LogP contribution in [0.4, 0.5) is 10.6 Å². The molecule has 1 unspecified atom stereocenters. The summed E-state index contributed by atoms with van der Waals surface area (Å²) < 4.78 is 1.72. The fourth-order valence-electron chi connectivity index (χ4n) is 3.24. The van der Waals surface area contributed by atoms with Crippen LogP contribution in [0.1, 0.15) is 12.8 Å². The van der Waals surface area contributed by atoms with Crippen LogP contribution in [0, 0.1) is 5.92 Å². The van der Waals surface area contributed by atoms with E-state index in [9.17, 15) is 4.79 Å². The second kappa shape index (κ2) is 7.49. The molecule has 128 valence electrons. The number of aromatic nitrogens is 2. The van der Waals surface area contributed by atoms with Crippen molar-refractivity contribution < 1.29 is 4.79 Å². The van der Waals surface area contributed by atoms with Gasteiger partial charge in [0.1, 0.15) is 0 Å². The normalized spacial score (nSPS) is 18.3. The van der Waals surface area contributed by atoms with Crippen molar-refractivity contribution >= 4 is 11.8 Å². The zero-order valence-corrected chi connectivity index (χ0v) is 14.3. The number of aryl methyl sites for hydroxylation is 1. The van der Waals surface area contributed by atoms with Crippen LogP contribution in [0.25, 0.3) is 11.1 Å². The van der Waals surface area contributed by atoms with Gasteiger partial charge in [0, 0.05) is 31.9 Å². The first kappa shape index (κ1) is 16.5. The number of nitrogens with zero attached hydrogens (tertiary/aromatic N) is 3. The smallest absolute Gasteiger partial charge is 0.320 e. The SMILES string of the molecule is CN1CCCC(CNC(=O)Nc2nn(C)cc2-c2ccccc2)C1. The highest BCUT2D eigenvalue weighted by Gasteiger charge is 2.18. The van der Waals surface area contributed by atoms with Crippen LogP contribution >= 0.6 is 0 Å². The van der Waals surface area contributed by atoms with Gasteiger partial charge in [0.15, 0.2) is 5.82 Å². The Hall–Kier alpha value is -2.34. The fourth-order valence-corrected chi connectivity index (χ4v) is 3.24. The van der Waals surface area contributed by atoms with E-state index < -0.39 is 0 Å². The van der Waals surface area contributed by atoms with Gasteiger partial charge in [0.05, 0.1) is 0 Å². The molecule has 1 atom stereocenters. The molecule has 1 aromatic heterocycles. The first-order valence-corrected chi connectivity index (χ1v) is 8.44. The van der Waals surface area contributed by atoms with Gasteiger partial charge in [-0.2, -0.15) is 5.10 Å². The molecule has 6 nitrogen and oxygen atoms in total. The van der Waals surface area contributed by atoms with Crippen molar-refractivity contribution in [2.75, 3.05) is 32.0 Å². The molecule has 1 saturated heterocycles. The number of anilines is 1. The van der Waals surface area contributed by atoms with Crippen molar-refractivity contribution in [3.05, 3.63) is 36.5 Å². The second-order valence-corrected chi connectivity index (χ2v) is 6.54. The maximum Gasteiger partial charge on any atom is 0.320 e. The lowest BCUT2D eigenvalue weighted by Crippen LogP contribution is -2.40. The summed E-state index contributed by atoms with van der Waals surface area (Å²) in [5.74, 6) is 1.11. The summed E-state index contributed by atoms with van der Waals surface area (Å²) in [6.45, 7) is 2.89. The molecule has 1 aliphatic rings. The van der Waals surface area contributed by atoms with Gasteiger partial charge in [0.2, 0.25) is 0 Å². The number of carbonyl (C=O) groups excluding carboxylic acids is 1. The number of benzene rings is 1. The van der Waals surface area contributed by atoms with Crippen LogP contribution in [0.15, 0.2) is 36.5 Å². The molecule has 2 heterocycles. The summed E-state index contributed by atoms with van der Waals surface area (Å²) >= 11 is 0. The third-order valence-electron chi connectivity index (χ3n) is 4.42. The Labute approximate surface area is 142 Å². The summed E-state index contributed by atoms with van der Waals surface area (Å²) in [5.41, 5.74) is 1.96. The summed E-state index contributed by atoms with van der Waals surface area (Å²) in [6.07, 6.45) is 4.29. The standard InChI is InChI=1S/C18H25N5O/c1-22-10-6-7-14(12-22)11-19-18(24)20-17-16(13-23(2)21-17)15-8-4-3-5-9-15/h3-5,8-9,13-14H,6-7,10-12H2,1-2H3,(H2,19,20,21,24). The van der Waals surface area contributed by atoms with E-state index in [1.54, 1.807) is 4.68 Å². The minimum atomic E-state index is -0.195. The monoisotopic (exact) mass is 327 g/mol. The molecule has 1 aromatic carbocycles. The number of rotatable bonds is 4. The maximum absolute atomic E-state index is 12.2. The Kier molecular flexibility index (Phi) is 5.15. The van der Waals surface area contributed by atoms with Crippen LogP contribution in [0.2, 0.25) is 0 Å². The Morgan fingerprint density at radius 3 is 2.83 bits per heavy atom. The Balaban J connectivity index is 1.60. The highest BCUT2D eigenvalue weighted by molar-refractivity contribution is 5.92. The van der Waals surface area contributed by atoms with Gasteiger partial charge in [-0.1, -0.05) is 30.3 Å². The van der Waals surface area contributed by atoms with Gasteiger partial charge in [-0.05, 0) is 37.9 Å². The van der Waals surface area contributed by atoms with Crippen molar-refractivity contribution in [2.24, 2.45) is 13.0 Å². The molecule has 0 aliphatic carbocycles. The van der Waals surface area contributed by atoms with Gasteiger partial charge < -0.3 is 10.2 Å². The number of hydrogen-bond acceptors (Lipinski definition) is 3. The number of amides is 2. The number of urea groups is 1. The molecule has 1 fully saturated rings. The first-order valence-electron chi connectivity index (χ1n) is 8.44. The van der Waals surface area contributed by atoms with Crippen LogP contribution in [0.3, 0.4) is 0 Å². The van der Waals surface area contributed by atoms with Gasteiger partial charge in [-0.3, -0.25) is 10.00 Å². The molecule has 3 rings (SSSR count). The van der Waals surface area contributed by atoms with E-state index in [-0.39, 0.29) is 6.03 Å². The zero-order chi connectivity index (χ0) is 16.9. The van der Waals surface area contributed by atoms with E-state index in [0.29, 0.717) is 18.3 Å². The minimum absolute atomic E-state index is 0.195. The molecule has 6 heteroatoms. The number of hydrogen-bond donors (Lipinski definition) is 2. The van der Waals surface area contributed by atoms with Crippen LogP contribution in [-0.4, -0.2) is 47.4 Å². The first-order chi connectivity index (χ1) is 11.6. The fraction of sp³-hybridized carbons (Fsp3) is 0.444. The highest BCUT2D eigenvalue weighted by Crippen LogP contribution is 2.26. The predicted octanol–water partition coefficient (Wildman–Crippen LogP) is 2.55.